The summed E-state index contributed by atoms with van der Waals surface area (Å²) in [6.45, 7) is 12.5. The van der Waals surface area contributed by atoms with E-state index < -0.39 is 8.32 Å². The second-order valence-electron chi connectivity index (χ2n) is 15.4. The molecule has 0 N–H and O–H groups in total. The minimum Gasteiger partial charge on any atom is -0.392 e. The Morgan fingerprint density at radius 3 is 1.02 bits per heavy atom. The third kappa shape index (κ3) is 34.5. The topological polar surface area (TPSA) is 18.5 Å². The zero-order chi connectivity index (χ0) is 35.8. The number of rotatable bonds is 41. The lowest BCUT2D eigenvalue weighted by molar-refractivity contribution is -0.0937. The highest BCUT2D eigenvalue weighted by Crippen LogP contribution is 2.26. The van der Waals surface area contributed by atoms with Crippen LogP contribution in [0.4, 0.5) is 0 Å². The van der Waals surface area contributed by atoms with Crippen molar-refractivity contribution in [1.29, 1.82) is 0 Å². The van der Waals surface area contributed by atoms with Gasteiger partial charge in [-0.1, -0.05) is 194 Å². The summed E-state index contributed by atoms with van der Waals surface area (Å²) in [5.74, 6) is 0. The molecular formula is C46H92O2Si. The van der Waals surface area contributed by atoms with Crippen molar-refractivity contribution in [3.63, 3.8) is 0 Å². The van der Waals surface area contributed by atoms with Gasteiger partial charge in [0.05, 0.1) is 0 Å². The number of hydrogen-bond donors (Lipinski definition) is 0. The van der Waals surface area contributed by atoms with E-state index in [2.05, 4.69) is 58.9 Å². The second kappa shape index (κ2) is 40.4. The van der Waals surface area contributed by atoms with Crippen LogP contribution in [0.3, 0.4) is 0 Å². The monoisotopic (exact) mass is 705 g/mol. The standard InChI is InChI=1S/C46H92O2Si/c1-6-11-13-15-17-19-21-23-25-27-29-31-33-35-37-39-41-43-45-47-46(48-49(8-3,9-4)10-5)44-42-40-38-36-34-32-30-28-26-24-22-20-18-16-14-12-7-2/h23-26,46H,6-22,27-45H2,1-5H3. The van der Waals surface area contributed by atoms with E-state index in [1.165, 1.54) is 217 Å². The number of unbranched alkanes of at least 4 members (excludes halogenated alkanes) is 27. The fourth-order valence-electron chi connectivity index (χ4n) is 7.11. The van der Waals surface area contributed by atoms with Crippen molar-refractivity contribution in [2.75, 3.05) is 6.61 Å². The summed E-state index contributed by atoms with van der Waals surface area (Å²) in [5.41, 5.74) is 0. The fraction of sp³-hybridized carbons (Fsp3) is 0.913. The summed E-state index contributed by atoms with van der Waals surface area (Å²) >= 11 is 0. The van der Waals surface area contributed by atoms with Crippen LogP contribution < -0.4 is 0 Å². The van der Waals surface area contributed by atoms with Crippen molar-refractivity contribution in [2.24, 2.45) is 0 Å². The first-order valence-corrected chi connectivity index (χ1v) is 25.3. The fourth-order valence-corrected chi connectivity index (χ4v) is 9.85. The first-order chi connectivity index (χ1) is 24.2. The molecule has 0 aromatic rings. The van der Waals surface area contributed by atoms with Crippen LogP contribution in [0, 0.1) is 0 Å². The third-order valence-corrected chi connectivity index (χ3v) is 15.6. The Morgan fingerprint density at radius 2 is 0.673 bits per heavy atom. The van der Waals surface area contributed by atoms with Crippen LogP contribution in [0.15, 0.2) is 24.3 Å². The predicted octanol–water partition coefficient (Wildman–Crippen LogP) is 17.0. The van der Waals surface area contributed by atoms with Crippen LogP contribution in [0.5, 0.6) is 0 Å². The molecule has 0 bridgehead atoms. The Kier molecular flexibility index (Phi) is 40.1. The highest BCUT2D eigenvalue weighted by molar-refractivity contribution is 6.73. The molecule has 0 saturated carbocycles. The molecule has 49 heavy (non-hydrogen) atoms. The quantitative estimate of drug-likeness (QED) is 0.0273. The molecule has 0 heterocycles. The summed E-state index contributed by atoms with van der Waals surface area (Å²) in [6, 6.07) is 3.64. The van der Waals surface area contributed by atoms with Gasteiger partial charge in [-0.15, -0.1) is 0 Å². The highest BCUT2D eigenvalue weighted by atomic mass is 28.4. The summed E-state index contributed by atoms with van der Waals surface area (Å²) in [4.78, 5) is 0. The van der Waals surface area contributed by atoms with Crippen molar-refractivity contribution in [3.8, 4) is 0 Å². The lowest BCUT2D eigenvalue weighted by Gasteiger charge is -2.33. The number of hydrogen-bond acceptors (Lipinski definition) is 2. The Labute approximate surface area is 312 Å². The SMILES string of the molecule is CCCCCCCCC=CCCCCCCCCCCOC(CCCCCCCCCC=CCCCCCCCC)O[Si](CC)(CC)CC. The van der Waals surface area contributed by atoms with E-state index in [0.29, 0.717) is 0 Å². The van der Waals surface area contributed by atoms with Gasteiger partial charge in [0, 0.05) is 6.61 Å². The van der Waals surface area contributed by atoms with E-state index in [9.17, 15) is 0 Å². The van der Waals surface area contributed by atoms with Gasteiger partial charge in [-0.2, -0.15) is 0 Å². The largest absolute Gasteiger partial charge is 0.392 e. The molecule has 0 rings (SSSR count). The normalized spacial score (nSPS) is 13.0. The average Bonchev–Trinajstić information content (AvgIpc) is 3.12. The minimum atomic E-state index is -1.64. The third-order valence-electron chi connectivity index (χ3n) is 11.0. The zero-order valence-corrected chi connectivity index (χ0v) is 35.7. The number of allylic oxidation sites excluding steroid dienone is 4. The van der Waals surface area contributed by atoms with Gasteiger partial charge in [0.1, 0.15) is 6.29 Å². The second-order valence-corrected chi connectivity index (χ2v) is 20.1. The average molecular weight is 705 g/mol. The molecule has 1 atom stereocenters. The molecule has 0 aliphatic rings. The summed E-state index contributed by atoms with van der Waals surface area (Å²) in [5, 5.41) is 0. The molecule has 0 aliphatic carbocycles. The maximum Gasteiger partial charge on any atom is 0.195 e. The van der Waals surface area contributed by atoms with Crippen molar-refractivity contribution < 1.29 is 9.16 Å². The molecule has 0 spiro atoms. The molecular weight excluding hydrogens is 613 g/mol. The highest BCUT2D eigenvalue weighted by Gasteiger charge is 2.32. The molecule has 0 aromatic carbocycles. The van der Waals surface area contributed by atoms with Crippen LogP contribution in [0.25, 0.3) is 0 Å². The molecule has 292 valence electrons. The van der Waals surface area contributed by atoms with Crippen LogP contribution in [0.2, 0.25) is 18.1 Å². The first-order valence-electron chi connectivity index (χ1n) is 22.8. The molecule has 0 saturated heterocycles. The molecule has 2 nitrogen and oxygen atoms in total. The van der Waals surface area contributed by atoms with E-state index in [1.54, 1.807) is 0 Å². The van der Waals surface area contributed by atoms with E-state index >= 15 is 0 Å². The molecule has 0 aromatic heterocycles. The summed E-state index contributed by atoms with van der Waals surface area (Å²) < 4.78 is 13.3. The Morgan fingerprint density at radius 1 is 0.367 bits per heavy atom. The van der Waals surface area contributed by atoms with Crippen molar-refractivity contribution in [1.82, 2.24) is 0 Å². The van der Waals surface area contributed by atoms with Crippen LogP contribution in [0.1, 0.15) is 240 Å². The van der Waals surface area contributed by atoms with E-state index in [-0.39, 0.29) is 6.29 Å². The van der Waals surface area contributed by atoms with Gasteiger partial charge >= 0.3 is 0 Å². The number of ether oxygens (including phenoxy) is 1. The van der Waals surface area contributed by atoms with Crippen LogP contribution in [-0.2, 0) is 9.16 Å². The van der Waals surface area contributed by atoms with Crippen LogP contribution >= 0.6 is 0 Å². The van der Waals surface area contributed by atoms with Gasteiger partial charge in [0.15, 0.2) is 8.32 Å². The van der Waals surface area contributed by atoms with Gasteiger partial charge in [-0.3, -0.25) is 0 Å². The lowest BCUT2D eigenvalue weighted by Crippen LogP contribution is -2.41. The van der Waals surface area contributed by atoms with Crippen molar-refractivity contribution in [2.45, 2.75) is 265 Å². The molecule has 0 radical (unpaired) electrons. The smallest absolute Gasteiger partial charge is 0.195 e. The summed E-state index contributed by atoms with van der Waals surface area (Å²) in [6.07, 6.45) is 53.2. The Balaban J connectivity index is 3.90. The van der Waals surface area contributed by atoms with E-state index in [1.807, 2.05) is 0 Å². The van der Waals surface area contributed by atoms with Crippen molar-refractivity contribution in [3.05, 3.63) is 24.3 Å². The van der Waals surface area contributed by atoms with Crippen molar-refractivity contribution >= 4 is 8.32 Å². The van der Waals surface area contributed by atoms with E-state index in [4.69, 9.17) is 9.16 Å². The summed E-state index contributed by atoms with van der Waals surface area (Å²) in [7, 11) is -1.64. The first kappa shape index (κ1) is 48.6. The molecule has 0 fully saturated rings. The molecule has 1 unspecified atom stereocenters. The predicted molar refractivity (Wildman–Crippen MR) is 225 cm³/mol. The Bertz CT molecular complexity index is 662. The molecule has 3 heteroatoms. The van der Waals surface area contributed by atoms with Gasteiger partial charge < -0.3 is 9.16 Å². The maximum atomic E-state index is 6.86. The van der Waals surface area contributed by atoms with Gasteiger partial charge in [-0.25, -0.2) is 0 Å². The van der Waals surface area contributed by atoms with Gasteiger partial charge in [0.2, 0.25) is 0 Å². The van der Waals surface area contributed by atoms with Crippen LogP contribution in [-0.4, -0.2) is 21.2 Å². The Hall–Kier alpha value is -0.383. The lowest BCUT2D eigenvalue weighted by atomic mass is 10.1. The van der Waals surface area contributed by atoms with E-state index in [0.717, 1.165) is 13.0 Å². The maximum absolute atomic E-state index is 6.86. The molecule has 0 aliphatic heterocycles. The van der Waals surface area contributed by atoms with Gasteiger partial charge in [0.25, 0.3) is 0 Å². The van der Waals surface area contributed by atoms with Gasteiger partial charge in [-0.05, 0) is 88.8 Å². The minimum absolute atomic E-state index is 0.0366. The zero-order valence-electron chi connectivity index (χ0n) is 34.7. The molecule has 0 amide bonds.